The number of nitrogens with zero attached hydrogens (tertiary/aromatic N) is 1. The number of hydrogen-bond donors (Lipinski definition) is 5. The Balaban J connectivity index is 2.11. The Kier molecular flexibility index (Phi) is 9.72. The number of amides is 1. The quantitative estimate of drug-likeness (QED) is 0.114. The van der Waals surface area contributed by atoms with Gasteiger partial charge >= 0.3 is 5.97 Å². The minimum absolute atomic E-state index is 0.0739. The summed E-state index contributed by atoms with van der Waals surface area (Å²) in [5, 5.41) is 14.3. The Hall–Kier alpha value is -3.12. The second-order valence-corrected chi connectivity index (χ2v) is 11.5. The van der Waals surface area contributed by atoms with Crippen LogP contribution in [0.4, 0.5) is 0 Å². The fraction of sp³-hybridized carbons (Fsp3) is 0.560. The highest BCUT2D eigenvalue weighted by molar-refractivity contribution is 7.94. The van der Waals surface area contributed by atoms with E-state index in [1.807, 2.05) is 27.7 Å². The summed E-state index contributed by atoms with van der Waals surface area (Å²) in [6.45, 7) is 12.9. The lowest BCUT2D eigenvalue weighted by molar-refractivity contribution is -0.141. The number of carboxylic acids is 1. The molecule has 0 fully saturated rings. The fourth-order valence-corrected chi connectivity index (χ4v) is 6.22. The van der Waals surface area contributed by atoms with Crippen LogP contribution in [0.5, 0.6) is 0 Å². The number of nitrogens with one attached hydrogen (secondary N) is 2. The second kappa shape index (κ2) is 12.0. The number of carboxylic acid groups (broad SMARTS) is 1. The van der Waals surface area contributed by atoms with Crippen LogP contribution in [0.2, 0.25) is 0 Å². The first-order chi connectivity index (χ1) is 17.1. The number of guanidine groups is 1. The molecule has 2 aliphatic rings. The molecule has 0 aromatic carbocycles. The van der Waals surface area contributed by atoms with Crippen LogP contribution in [0.3, 0.4) is 0 Å². The van der Waals surface area contributed by atoms with E-state index in [9.17, 15) is 18.0 Å². The van der Waals surface area contributed by atoms with Gasteiger partial charge in [0.25, 0.3) is 10.0 Å². The van der Waals surface area contributed by atoms with Crippen LogP contribution in [0.25, 0.3) is 0 Å². The largest absolute Gasteiger partial charge is 0.480 e. The van der Waals surface area contributed by atoms with E-state index in [1.54, 1.807) is 6.92 Å². The number of allylic oxidation sites excluding steroid dienone is 6. The predicted molar refractivity (Wildman–Crippen MR) is 142 cm³/mol. The topological polar surface area (TPSA) is 186 Å². The number of nitrogens with two attached hydrogens (primary N) is 2. The minimum atomic E-state index is -4.13. The van der Waals surface area contributed by atoms with Gasteiger partial charge in [0.2, 0.25) is 11.9 Å². The molecule has 0 saturated heterocycles. The molecule has 0 aromatic heterocycles. The van der Waals surface area contributed by atoms with Crippen molar-refractivity contribution >= 4 is 27.9 Å². The third-order valence-corrected chi connectivity index (χ3v) is 8.32. The zero-order valence-corrected chi connectivity index (χ0v) is 23.0. The Labute approximate surface area is 218 Å². The monoisotopic (exact) mass is 537 g/mol. The van der Waals surface area contributed by atoms with Crippen LogP contribution in [-0.2, 0) is 24.3 Å². The van der Waals surface area contributed by atoms with Crippen molar-refractivity contribution in [2.45, 2.75) is 78.8 Å². The van der Waals surface area contributed by atoms with Crippen LogP contribution in [0.1, 0.15) is 66.7 Å². The first-order valence-corrected chi connectivity index (χ1v) is 13.6. The van der Waals surface area contributed by atoms with E-state index in [2.05, 4.69) is 21.6 Å². The van der Waals surface area contributed by atoms with Gasteiger partial charge in [-0.15, -0.1) is 11.0 Å². The molecule has 0 unspecified atom stereocenters. The van der Waals surface area contributed by atoms with Crippen LogP contribution in [0.15, 0.2) is 50.2 Å². The first kappa shape index (κ1) is 30.1. The molecule has 0 bridgehead atoms. The first-order valence-electron chi connectivity index (χ1n) is 12.2. The van der Waals surface area contributed by atoms with Crippen molar-refractivity contribution in [1.29, 1.82) is 0 Å². The standard InChI is InChI=1S/C25H39N5O6S/c1-7-9-19(23(32)33)29-22(31)18(26)10-8-13-28-24(27)30-37(34,35)21-20-14(2)15(3)36-16(4)17(20)11-12-25(21,5)6/h7,18-19H,1,8-13,26H2,2-6H3,(H,29,31)(H,32,33)(H3,27,28,30)/t18-,19+/m1/s1. The van der Waals surface area contributed by atoms with E-state index in [4.69, 9.17) is 21.3 Å². The summed E-state index contributed by atoms with van der Waals surface area (Å²) in [6, 6.07) is -2.04. The Bertz CT molecular complexity index is 1180. The molecular formula is C25H39N5O6S. The molecule has 1 aliphatic carbocycles. The van der Waals surface area contributed by atoms with E-state index < -0.39 is 39.4 Å². The van der Waals surface area contributed by atoms with E-state index in [0.29, 0.717) is 36.4 Å². The minimum Gasteiger partial charge on any atom is -0.480 e. The van der Waals surface area contributed by atoms with Gasteiger partial charge in [0, 0.05) is 17.5 Å². The number of sulfonamides is 1. The molecule has 11 nitrogen and oxygen atoms in total. The summed E-state index contributed by atoms with van der Waals surface area (Å²) >= 11 is 0. The highest BCUT2D eigenvalue weighted by Gasteiger charge is 2.42. The summed E-state index contributed by atoms with van der Waals surface area (Å²) < 4.78 is 36.6. The molecule has 0 saturated carbocycles. The molecule has 0 spiro atoms. The lowest BCUT2D eigenvalue weighted by Gasteiger charge is -2.38. The number of hydrogen-bond acceptors (Lipinski definition) is 6. The normalized spacial score (nSPS) is 19.6. The molecule has 37 heavy (non-hydrogen) atoms. The molecule has 2 atom stereocenters. The highest BCUT2D eigenvalue weighted by Crippen LogP contribution is 2.50. The number of carbonyl (C=O) groups is 2. The van der Waals surface area contributed by atoms with E-state index in [-0.39, 0.29) is 30.3 Å². The summed E-state index contributed by atoms with van der Waals surface area (Å²) in [5.41, 5.74) is 13.4. The average Bonchev–Trinajstić information content (AvgIpc) is 2.78. The number of fused-ring (bicyclic) bond motifs is 1. The van der Waals surface area contributed by atoms with Crippen LogP contribution in [-0.4, -0.2) is 50.0 Å². The van der Waals surface area contributed by atoms with Gasteiger partial charge in [0.05, 0.1) is 10.9 Å². The third-order valence-electron chi connectivity index (χ3n) is 6.61. The van der Waals surface area contributed by atoms with Crippen molar-refractivity contribution in [3.05, 3.63) is 45.8 Å². The fourth-order valence-electron chi connectivity index (χ4n) is 4.47. The number of carbonyl (C=O) groups excluding carboxylic acids is 1. The molecule has 1 amide bonds. The number of ether oxygens (including phenoxy) is 1. The summed E-state index contributed by atoms with van der Waals surface area (Å²) in [6.07, 6.45) is 3.38. The predicted octanol–water partition coefficient (Wildman–Crippen LogP) is 2.15. The molecule has 1 aliphatic heterocycles. The maximum atomic E-state index is 13.5. The van der Waals surface area contributed by atoms with Gasteiger partial charge in [0.15, 0.2) is 0 Å². The van der Waals surface area contributed by atoms with E-state index in [1.165, 1.54) is 6.08 Å². The zero-order valence-electron chi connectivity index (χ0n) is 22.2. The molecule has 2 rings (SSSR count). The highest BCUT2D eigenvalue weighted by atomic mass is 32.2. The molecule has 12 heteroatoms. The number of aliphatic carboxylic acids is 1. The van der Waals surface area contributed by atoms with Gasteiger partial charge in [-0.2, -0.15) is 8.42 Å². The van der Waals surface area contributed by atoms with E-state index in [0.717, 1.165) is 11.1 Å². The van der Waals surface area contributed by atoms with Crippen LogP contribution >= 0.6 is 0 Å². The Morgan fingerprint density at radius 1 is 1.27 bits per heavy atom. The van der Waals surface area contributed by atoms with Gasteiger partial charge in [-0.25, -0.2) is 4.79 Å². The third kappa shape index (κ3) is 7.22. The maximum absolute atomic E-state index is 13.5. The average molecular weight is 538 g/mol. The summed E-state index contributed by atoms with van der Waals surface area (Å²) in [5.74, 6) is -0.700. The Morgan fingerprint density at radius 2 is 1.92 bits per heavy atom. The van der Waals surface area contributed by atoms with Gasteiger partial charge in [0.1, 0.15) is 17.6 Å². The molecule has 7 N–H and O–H groups in total. The van der Waals surface area contributed by atoms with Gasteiger partial charge in [-0.1, -0.05) is 19.9 Å². The summed E-state index contributed by atoms with van der Waals surface area (Å²) in [7, 11) is -4.13. The number of rotatable bonds is 11. The lowest BCUT2D eigenvalue weighted by atomic mass is 9.74. The maximum Gasteiger partial charge on any atom is 0.326 e. The van der Waals surface area contributed by atoms with Gasteiger partial charge in [-0.3, -0.25) is 4.79 Å². The molecular weight excluding hydrogens is 498 g/mol. The van der Waals surface area contributed by atoms with Crippen molar-refractivity contribution in [3.8, 4) is 0 Å². The van der Waals surface area contributed by atoms with Crippen molar-refractivity contribution < 1.29 is 27.9 Å². The molecule has 1 heterocycles. The lowest BCUT2D eigenvalue weighted by Crippen LogP contribution is -2.48. The van der Waals surface area contributed by atoms with Gasteiger partial charge < -0.3 is 31.9 Å². The SMILES string of the molecule is C=CC[C@H](NC(=O)[C@H](N)CCCNC(N)=NS(=O)(=O)C1=C2C(C)=C(C)OC(C)=C2CCC1(C)C)C(=O)O. The van der Waals surface area contributed by atoms with Crippen molar-refractivity contribution in [1.82, 2.24) is 10.6 Å². The summed E-state index contributed by atoms with van der Waals surface area (Å²) in [4.78, 5) is 23.6. The van der Waals surface area contributed by atoms with Crippen LogP contribution in [0, 0.1) is 5.41 Å². The smallest absolute Gasteiger partial charge is 0.326 e. The molecule has 0 aromatic rings. The Morgan fingerprint density at radius 3 is 2.51 bits per heavy atom. The van der Waals surface area contributed by atoms with Crippen molar-refractivity contribution in [3.63, 3.8) is 0 Å². The van der Waals surface area contributed by atoms with Crippen LogP contribution < -0.4 is 22.1 Å². The zero-order chi connectivity index (χ0) is 28.1. The van der Waals surface area contributed by atoms with E-state index >= 15 is 0 Å². The molecule has 206 valence electrons. The molecule has 0 radical (unpaired) electrons. The van der Waals surface area contributed by atoms with Crippen molar-refractivity contribution in [2.24, 2.45) is 21.3 Å². The second-order valence-electron chi connectivity index (χ2n) is 9.96. The van der Waals surface area contributed by atoms with Gasteiger partial charge in [-0.05, 0) is 64.0 Å². The van der Waals surface area contributed by atoms with Crippen molar-refractivity contribution in [2.75, 3.05) is 6.54 Å².